The molecule has 15 nitrogen and oxygen atoms in total. The van der Waals surface area contributed by atoms with Gasteiger partial charge in [-0.05, 0) is 83.5 Å². The average Bonchev–Trinajstić information content (AvgIpc) is 3.35. The van der Waals surface area contributed by atoms with Crippen molar-refractivity contribution in [1.82, 2.24) is 0 Å². The van der Waals surface area contributed by atoms with Crippen LogP contribution in [-0.2, 0) is 38.0 Å². The van der Waals surface area contributed by atoms with Crippen LogP contribution in [-0.4, -0.2) is 142 Å². The molecule has 70 heavy (non-hydrogen) atoms. The summed E-state index contributed by atoms with van der Waals surface area (Å²) in [7, 11) is 0. The minimum absolute atomic E-state index is 0.0742. The molecule has 4 unspecified atom stereocenters. The van der Waals surface area contributed by atoms with E-state index in [9.17, 15) is 45.3 Å². The van der Waals surface area contributed by atoms with Crippen molar-refractivity contribution in [1.29, 1.82) is 0 Å². The Balaban J connectivity index is 1.86. The van der Waals surface area contributed by atoms with Gasteiger partial charge in [-0.15, -0.1) is 0 Å². The normalized spacial score (nSPS) is 26.1. The van der Waals surface area contributed by atoms with Gasteiger partial charge in [-0.1, -0.05) is 144 Å². The molecule has 0 aliphatic carbocycles. The molecule has 0 amide bonds. The highest BCUT2D eigenvalue weighted by molar-refractivity contribution is 5.70. The van der Waals surface area contributed by atoms with Crippen molar-refractivity contribution >= 4 is 11.9 Å². The van der Waals surface area contributed by atoms with Crippen LogP contribution >= 0.6 is 0 Å². The Kier molecular flexibility index (Phi) is 36.9. The number of hydrogen-bond acceptors (Lipinski definition) is 15. The molecule has 2 fully saturated rings. The van der Waals surface area contributed by atoms with Crippen molar-refractivity contribution in [3.05, 3.63) is 85.1 Å². The van der Waals surface area contributed by atoms with E-state index in [0.29, 0.717) is 25.7 Å². The summed E-state index contributed by atoms with van der Waals surface area (Å²) in [6, 6.07) is 0. The van der Waals surface area contributed by atoms with Gasteiger partial charge in [0.15, 0.2) is 18.7 Å². The van der Waals surface area contributed by atoms with Gasteiger partial charge in [-0.3, -0.25) is 9.59 Å². The number of unbranched alkanes of at least 4 members (excludes halogenated alkanes) is 11. The maximum atomic E-state index is 13.0. The molecule has 11 atom stereocenters. The van der Waals surface area contributed by atoms with Gasteiger partial charge < -0.3 is 64.2 Å². The lowest BCUT2D eigenvalue weighted by Crippen LogP contribution is -2.61. The van der Waals surface area contributed by atoms with E-state index < -0.39 is 99.3 Å². The fourth-order valence-corrected chi connectivity index (χ4v) is 7.52. The van der Waals surface area contributed by atoms with Crippen LogP contribution in [0, 0.1) is 0 Å². The first-order valence-electron chi connectivity index (χ1n) is 26.2. The first-order chi connectivity index (χ1) is 34.0. The van der Waals surface area contributed by atoms with Crippen LogP contribution < -0.4 is 0 Å². The molecule has 0 aromatic rings. The first-order valence-corrected chi connectivity index (χ1v) is 26.2. The lowest BCUT2D eigenvalue weighted by atomic mass is 9.98. The average molecular weight is 991 g/mol. The van der Waals surface area contributed by atoms with Gasteiger partial charge in [0.1, 0.15) is 55.4 Å². The van der Waals surface area contributed by atoms with E-state index in [4.69, 9.17) is 28.4 Å². The molecule has 2 aliphatic heterocycles. The molecule has 0 spiro atoms. The summed E-state index contributed by atoms with van der Waals surface area (Å²) in [4.78, 5) is 25.7. The number of allylic oxidation sites excluding steroid dienone is 14. The van der Waals surface area contributed by atoms with E-state index in [2.05, 4.69) is 80.7 Å². The van der Waals surface area contributed by atoms with Crippen molar-refractivity contribution in [3.8, 4) is 0 Å². The van der Waals surface area contributed by atoms with E-state index in [1.165, 1.54) is 57.8 Å². The number of aliphatic hydroxyl groups is 7. The highest BCUT2D eigenvalue weighted by Crippen LogP contribution is 2.26. The Labute approximate surface area is 418 Å². The van der Waals surface area contributed by atoms with Crippen LogP contribution in [0.3, 0.4) is 0 Å². The third-order valence-corrected chi connectivity index (χ3v) is 11.8. The van der Waals surface area contributed by atoms with Gasteiger partial charge in [0.2, 0.25) is 0 Å². The Morgan fingerprint density at radius 3 is 1.37 bits per heavy atom. The monoisotopic (exact) mass is 991 g/mol. The maximum Gasteiger partial charge on any atom is 0.306 e. The Morgan fingerprint density at radius 1 is 0.457 bits per heavy atom. The Hall–Kier alpha value is -3.32. The second kappa shape index (κ2) is 41.2. The van der Waals surface area contributed by atoms with Gasteiger partial charge in [-0.2, -0.15) is 0 Å². The minimum Gasteiger partial charge on any atom is -0.462 e. The molecule has 0 aromatic carbocycles. The number of carbonyl (C=O) groups excluding carboxylic acids is 2. The van der Waals surface area contributed by atoms with Gasteiger partial charge in [0, 0.05) is 12.8 Å². The second-order valence-electron chi connectivity index (χ2n) is 18.0. The van der Waals surface area contributed by atoms with Crippen molar-refractivity contribution in [2.24, 2.45) is 0 Å². The zero-order valence-electron chi connectivity index (χ0n) is 42.2. The van der Waals surface area contributed by atoms with Gasteiger partial charge in [0.25, 0.3) is 0 Å². The summed E-state index contributed by atoms with van der Waals surface area (Å²) >= 11 is 0. The van der Waals surface area contributed by atoms with E-state index >= 15 is 0 Å². The molecule has 2 rings (SSSR count). The third kappa shape index (κ3) is 28.7. The minimum atomic E-state index is -1.79. The molecule has 7 N–H and O–H groups in total. The van der Waals surface area contributed by atoms with E-state index in [1.54, 1.807) is 0 Å². The number of hydrogen-bond donors (Lipinski definition) is 7. The number of ether oxygens (including phenoxy) is 6. The summed E-state index contributed by atoms with van der Waals surface area (Å²) in [6.07, 6.45) is 33.4. The Morgan fingerprint density at radius 2 is 0.857 bits per heavy atom. The van der Waals surface area contributed by atoms with E-state index in [-0.39, 0.29) is 19.4 Å². The zero-order valence-corrected chi connectivity index (χ0v) is 42.2. The first kappa shape index (κ1) is 62.8. The lowest BCUT2D eigenvalue weighted by Gasteiger charge is -2.42. The van der Waals surface area contributed by atoms with E-state index in [0.717, 1.165) is 44.9 Å². The summed E-state index contributed by atoms with van der Waals surface area (Å²) < 4.78 is 33.4. The summed E-state index contributed by atoms with van der Waals surface area (Å²) in [5, 5.41) is 72.1. The topological polar surface area (TPSA) is 231 Å². The van der Waals surface area contributed by atoms with Gasteiger partial charge >= 0.3 is 11.9 Å². The molecule has 0 aromatic heterocycles. The molecular weight excluding hydrogens is 901 g/mol. The number of carbonyl (C=O) groups is 2. The van der Waals surface area contributed by atoms with Gasteiger partial charge in [0.05, 0.1) is 19.8 Å². The SMILES string of the molecule is CCCCC/C=C/C/C=C/C/C=C/C/C=C/CCCC(=O)O[C@@H](COC(=O)CCC/C=C/C/C=C/C/C=C/CCCCCCCC)CO[C@@H]1O[C@H](CO[C@@H]2O[C@H](CO)[C@H](O)C(O)C2O)[C@H](O)C(O)C1O. The largest absolute Gasteiger partial charge is 0.462 e. The third-order valence-electron chi connectivity index (χ3n) is 11.8. The van der Waals surface area contributed by atoms with Crippen LogP contribution in [0.5, 0.6) is 0 Å². The zero-order chi connectivity index (χ0) is 51.0. The molecular formula is C55H90O15. The molecule has 2 aliphatic rings. The van der Waals surface area contributed by atoms with Crippen LogP contribution in [0.2, 0.25) is 0 Å². The molecule has 0 radical (unpaired) electrons. The highest BCUT2D eigenvalue weighted by atomic mass is 16.7. The molecule has 400 valence electrons. The summed E-state index contributed by atoms with van der Waals surface area (Å²) in [5.74, 6) is -1.06. The van der Waals surface area contributed by atoms with Crippen LogP contribution in [0.25, 0.3) is 0 Å². The lowest BCUT2D eigenvalue weighted by molar-refractivity contribution is -0.332. The summed E-state index contributed by atoms with van der Waals surface area (Å²) in [6.45, 7) is 2.43. The second-order valence-corrected chi connectivity index (χ2v) is 18.0. The fraction of sp³-hybridized carbons (Fsp3) is 0.709. The van der Waals surface area contributed by atoms with Crippen molar-refractivity contribution in [2.45, 2.75) is 223 Å². The maximum absolute atomic E-state index is 13.0. The number of esters is 2. The molecule has 2 saturated heterocycles. The fourth-order valence-electron chi connectivity index (χ4n) is 7.52. The van der Waals surface area contributed by atoms with Gasteiger partial charge in [-0.25, -0.2) is 0 Å². The standard InChI is InChI=1S/C55H90O15/c1-3-5-7-9-11-13-15-17-19-21-23-25-27-29-31-33-35-37-46(57)65-40-43(68-47(58)38-36-34-32-30-28-26-24-22-20-18-16-14-12-10-8-6-4-2)41-66-54-53(64)51(62)49(60)45(70-54)42-67-55-52(63)50(61)48(59)44(39-56)69-55/h12,14,17-20,23-26,29-32,43-45,48-56,59-64H,3-11,13,15-16,21-22,27-28,33-42H2,1-2H3/b14-12+,19-17+,20-18+,25-23+,26-24+,31-29+,32-30+/t43-,44+,45+,48-,49-,50?,51?,52?,53?,54+,55+/m0/s1. The van der Waals surface area contributed by atoms with Crippen molar-refractivity contribution in [3.63, 3.8) is 0 Å². The highest BCUT2D eigenvalue weighted by Gasteiger charge is 2.47. The van der Waals surface area contributed by atoms with Crippen LogP contribution in [0.15, 0.2) is 85.1 Å². The Bertz CT molecular complexity index is 1540. The molecule has 2 heterocycles. The van der Waals surface area contributed by atoms with Crippen LogP contribution in [0.1, 0.15) is 155 Å². The predicted molar refractivity (Wildman–Crippen MR) is 270 cm³/mol. The van der Waals surface area contributed by atoms with E-state index in [1.807, 2.05) is 18.2 Å². The summed E-state index contributed by atoms with van der Waals surface area (Å²) in [5.41, 5.74) is 0. The van der Waals surface area contributed by atoms with Crippen LogP contribution in [0.4, 0.5) is 0 Å². The van der Waals surface area contributed by atoms with Crippen molar-refractivity contribution in [2.75, 3.05) is 26.4 Å². The number of aliphatic hydroxyl groups excluding tert-OH is 7. The number of rotatable bonds is 39. The molecule has 0 bridgehead atoms. The predicted octanol–water partition coefficient (Wildman–Crippen LogP) is 7.60. The smallest absolute Gasteiger partial charge is 0.306 e. The molecule has 0 saturated carbocycles. The quantitative estimate of drug-likeness (QED) is 0.0179. The molecule has 15 heteroatoms. The van der Waals surface area contributed by atoms with Crippen molar-refractivity contribution < 1.29 is 73.8 Å².